The lowest BCUT2D eigenvalue weighted by molar-refractivity contribution is -0.137. The first-order chi connectivity index (χ1) is 10.1. The summed E-state index contributed by atoms with van der Waals surface area (Å²) in [4.78, 5) is 27.4. The van der Waals surface area contributed by atoms with Gasteiger partial charge in [-0.2, -0.15) is 0 Å². The van der Waals surface area contributed by atoms with Crippen molar-refractivity contribution in [3.05, 3.63) is 42.1 Å². The van der Waals surface area contributed by atoms with Crippen LogP contribution in [-0.4, -0.2) is 28.0 Å². The molecule has 0 bridgehead atoms. The Kier molecular flexibility index (Phi) is 3.56. The molecule has 1 heterocycles. The number of fused-ring (bicyclic) bond motifs is 1. The first kappa shape index (κ1) is 13.5. The van der Waals surface area contributed by atoms with Gasteiger partial charge in [-0.15, -0.1) is 0 Å². The quantitative estimate of drug-likeness (QED) is 0.882. The zero-order valence-electron chi connectivity index (χ0n) is 11.5. The van der Waals surface area contributed by atoms with Crippen LogP contribution in [0, 0.1) is 5.92 Å². The number of nitrogens with zero attached hydrogens (tertiary/aromatic N) is 1. The molecule has 1 aromatic heterocycles. The van der Waals surface area contributed by atoms with Crippen LogP contribution in [-0.2, 0) is 4.79 Å². The van der Waals surface area contributed by atoms with Gasteiger partial charge in [-0.1, -0.05) is 24.3 Å². The Morgan fingerprint density at radius 3 is 2.71 bits per heavy atom. The summed E-state index contributed by atoms with van der Waals surface area (Å²) in [7, 11) is 0. The summed E-state index contributed by atoms with van der Waals surface area (Å²) < 4.78 is 0. The molecule has 0 aliphatic heterocycles. The number of aliphatic carboxylic acids is 1. The number of hydrogen-bond donors (Lipinski definition) is 2. The van der Waals surface area contributed by atoms with Crippen molar-refractivity contribution in [1.82, 2.24) is 10.3 Å². The molecule has 1 atom stereocenters. The average Bonchev–Trinajstić information content (AvgIpc) is 3.30. The van der Waals surface area contributed by atoms with Gasteiger partial charge in [-0.05, 0) is 30.9 Å². The number of hydrogen-bond acceptors (Lipinski definition) is 3. The molecule has 0 spiro atoms. The van der Waals surface area contributed by atoms with Crippen molar-refractivity contribution >= 4 is 22.8 Å². The predicted octanol–water partition coefficient (Wildman–Crippen LogP) is 2.22. The normalized spacial score (nSPS) is 15.6. The molecule has 1 fully saturated rings. The van der Waals surface area contributed by atoms with E-state index in [1.807, 2.05) is 30.3 Å². The number of carbonyl (C=O) groups excluding carboxylic acids is 1. The Morgan fingerprint density at radius 2 is 2.00 bits per heavy atom. The molecule has 1 saturated carbocycles. The first-order valence-electron chi connectivity index (χ1n) is 7.02. The zero-order valence-corrected chi connectivity index (χ0v) is 11.5. The molecule has 5 nitrogen and oxygen atoms in total. The van der Waals surface area contributed by atoms with E-state index in [0.29, 0.717) is 5.69 Å². The molecule has 2 N–H and O–H groups in total. The molecule has 1 unspecified atom stereocenters. The third-order valence-corrected chi connectivity index (χ3v) is 3.73. The molecule has 1 amide bonds. The summed E-state index contributed by atoms with van der Waals surface area (Å²) in [5.41, 5.74) is 1.08. The van der Waals surface area contributed by atoms with Gasteiger partial charge in [-0.3, -0.25) is 9.59 Å². The van der Waals surface area contributed by atoms with Crippen LogP contribution in [0.2, 0.25) is 0 Å². The predicted molar refractivity (Wildman–Crippen MR) is 78.0 cm³/mol. The number of benzene rings is 1. The highest BCUT2D eigenvalue weighted by Gasteiger charge is 2.34. The van der Waals surface area contributed by atoms with E-state index < -0.39 is 5.97 Å². The highest BCUT2D eigenvalue weighted by Crippen LogP contribution is 2.34. The minimum Gasteiger partial charge on any atom is -0.481 e. The van der Waals surface area contributed by atoms with Crippen molar-refractivity contribution in [3.8, 4) is 0 Å². The third-order valence-electron chi connectivity index (χ3n) is 3.73. The molecule has 0 radical (unpaired) electrons. The van der Waals surface area contributed by atoms with Crippen LogP contribution in [0.1, 0.15) is 29.8 Å². The van der Waals surface area contributed by atoms with Crippen LogP contribution in [0.5, 0.6) is 0 Å². The van der Waals surface area contributed by atoms with E-state index in [9.17, 15) is 9.59 Å². The largest absolute Gasteiger partial charge is 0.481 e. The molecule has 108 valence electrons. The van der Waals surface area contributed by atoms with Gasteiger partial charge in [0, 0.05) is 11.4 Å². The minimum atomic E-state index is -0.890. The molecule has 1 aliphatic rings. The van der Waals surface area contributed by atoms with Gasteiger partial charge in [0.25, 0.3) is 5.91 Å². The number of pyridine rings is 1. The number of rotatable bonds is 5. The topological polar surface area (TPSA) is 79.3 Å². The Hall–Kier alpha value is -2.43. The SMILES string of the molecule is O=C(O)CC(NC(=O)c1ccc2ccccc2n1)C1CC1. The fourth-order valence-corrected chi connectivity index (χ4v) is 2.46. The second kappa shape index (κ2) is 5.52. The van der Waals surface area contributed by atoms with Gasteiger partial charge in [-0.25, -0.2) is 4.98 Å². The summed E-state index contributed by atoms with van der Waals surface area (Å²) in [6, 6.07) is 10.8. The number of carboxylic acid groups (broad SMARTS) is 1. The van der Waals surface area contributed by atoms with Crippen LogP contribution in [0.25, 0.3) is 10.9 Å². The zero-order chi connectivity index (χ0) is 14.8. The molecule has 0 saturated heterocycles. The smallest absolute Gasteiger partial charge is 0.305 e. The summed E-state index contributed by atoms with van der Waals surface area (Å²) >= 11 is 0. The molecule has 2 aromatic rings. The van der Waals surface area contributed by atoms with Crippen molar-refractivity contribution in [2.24, 2.45) is 5.92 Å². The standard InChI is InChI=1S/C16H16N2O3/c19-15(20)9-14(11-5-6-11)18-16(21)13-8-7-10-3-1-2-4-12(10)17-13/h1-4,7-8,11,14H,5-6,9H2,(H,18,21)(H,19,20). The number of carbonyl (C=O) groups is 2. The number of amides is 1. The number of aromatic nitrogens is 1. The fraction of sp³-hybridized carbons (Fsp3) is 0.312. The Balaban J connectivity index is 1.77. The fourth-order valence-electron chi connectivity index (χ4n) is 2.46. The lowest BCUT2D eigenvalue weighted by Gasteiger charge is -2.15. The maximum Gasteiger partial charge on any atom is 0.305 e. The van der Waals surface area contributed by atoms with Gasteiger partial charge >= 0.3 is 5.97 Å². The van der Waals surface area contributed by atoms with Crippen molar-refractivity contribution in [1.29, 1.82) is 0 Å². The van der Waals surface area contributed by atoms with Crippen molar-refractivity contribution in [2.75, 3.05) is 0 Å². The van der Waals surface area contributed by atoms with Gasteiger partial charge in [0.05, 0.1) is 11.9 Å². The first-order valence-corrected chi connectivity index (χ1v) is 7.02. The number of nitrogens with one attached hydrogen (secondary N) is 1. The third kappa shape index (κ3) is 3.18. The van der Waals surface area contributed by atoms with E-state index in [1.54, 1.807) is 6.07 Å². The second-order valence-corrected chi connectivity index (χ2v) is 5.40. The highest BCUT2D eigenvalue weighted by molar-refractivity contribution is 5.95. The summed E-state index contributed by atoms with van der Waals surface area (Å²) in [6.45, 7) is 0. The maximum atomic E-state index is 12.2. The average molecular weight is 284 g/mol. The molecule has 1 aromatic carbocycles. The highest BCUT2D eigenvalue weighted by atomic mass is 16.4. The Labute approximate surface area is 122 Å². The molecular formula is C16H16N2O3. The Bertz CT molecular complexity index is 695. The second-order valence-electron chi connectivity index (χ2n) is 5.40. The van der Waals surface area contributed by atoms with E-state index in [2.05, 4.69) is 10.3 Å². The van der Waals surface area contributed by atoms with Crippen LogP contribution >= 0.6 is 0 Å². The summed E-state index contributed by atoms with van der Waals surface area (Å²) in [6.07, 6.45) is 1.91. The van der Waals surface area contributed by atoms with E-state index in [4.69, 9.17) is 5.11 Å². The van der Waals surface area contributed by atoms with Crippen LogP contribution in [0.15, 0.2) is 36.4 Å². The lowest BCUT2D eigenvalue weighted by atomic mass is 10.1. The van der Waals surface area contributed by atoms with Crippen molar-refractivity contribution < 1.29 is 14.7 Å². The van der Waals surface area contributed by atoms with E-state index in [1.165, 1.54) is 0 Å². The van der Waals surface area contributed by atoms with E-state index in [0.717, 1.165) is 23.7 Å². The maximum absolute atomic E-state index is 12.2. The van der Waals surface area contributed by atoms with Gasteiger partial charge < -0.3 is 10.4 Å². The van der Waals surface area contributed by atoms with Crippen LogP contribution < -0.4 is 5.32 Å². The van der Waals surface area contributed by atoms with Gasteiger partial charge in [0.1, 0.15) is 5.69 Å². The molecule has 5 heteroatoms. The summed E-state index contributed by atoms with van der Waals surface area (Å²) in [5, 5.41) is 12.7. The molecule has 1 aliphatic carbocycles. The lowest BCUT2D eigenvalue weighted by Crippen LogP contribution is -2.38. The van der Waals surface area contributed by atoms with Crippen molar-refractivity contribution in [2.45, 2.75) is 25.3 Å². The monoisotopic (exact) mass is 284 g/mol. The van der Waals surface area contributed by atoms with Crippen LogP contribution in [0.3, 0.4) is 0 Å². The van der Waals surface area contributed by atoms with Crippen molar-refractivity contribution in [3.63, 3.8) is 0 Å². The van der Waals surface area contributed by atoms with Gasteiger partial charge in [0.2, 0.25) is 0 Å². The van der Waals surface area contributed by atoms with Crippen LogP contribution in [0.4, 0.5) is 0 Å². The minimum absolute atomic E-state index is 0.0377. The molecule has 21 heavy (non-hydrogen) atoms. The van der Waals surface area contributed by atoms with E-state index in [-0.39, 0.29) is 24.3 Å². The van der Waals surface area contributed by atoms with Gasteiger partial charge in [0.15, 0.2) is 0 Å². The molecule has 3 rings (SSSR count). The number of para-hydroxylation sites is 1. The molecular weight excluding hydrogens is 268 g/mol. The Morgan fingerprint density at radius 1 is 1.24 bits per heavy atom. The summed E-state index contributed by atoms with van der Waals surface area (Å²) in [5.74, 6) is -0.914. The van der Waals surface area contributed by atoms with E-state index >= 15 is 0 Å². The number of carboxylic acids is 1.